The number of nitrogens with zero attached hydrogens (tertiary/aromatic N) is 2. The lowest BCUT2D eigenvalue weighted by Crippen LogP contribution is -2.14. The molecule has 5 heteroatoms. The number of aliphatic imine (C=N–C) groups is 2. The van der Waals surface area contributed by atoms with E-state index in [1.807, 2.05) is 0 Å². The molecular formula is C9H8N2O3. The third kappa shape index (κ3) is 1.14. The number of aliphatic carboxylic acids is 1. The van der Waals surface area contributed by atoms with E-state index in [9.17, 15) is 4.79 Å². The summed E-state index contributed by atoms with van der Waals surface area (Å²) in [6.45, 7) is 0. The molecule has 0 saturated heterocycles. The maximum absolute atomic E-state index is 10.8. The molecule has 0 fully saturated rings. The largest absolute Gasteiger partial charge is 0.494 e. The van der Waals surface area contributed by atoms with Gasteiger partial charge < -0.3 is 9.84 Å². The lowest BCUT2D eigenvalue weighted by atomic mass is 10.1. The molecule has 0 aromatic carbocycles. The van der Waals surface area contributed by atoms with Crippen molar-refractivity contribution in [3.8, 4) is 0 Å². The Labute approximate surface area is 80.1 Å². The number of allylic oxidation sites excluding steroid dienone is 1. The number of methoxy groups -OCH3 is 1. The molecule has 2 aliphatic rings. The lowest BCUT2D eigenvalue weighted by molar-refractivity contribution is -0.129. The molecule has 0 spiro atoms. The molecule has 1 N–H and O–H groups in total. The van der Waals surface area contributed by atoms with Crippen LogP contribution in [0.2, 0.25) is 0 Å². The van der Waals surface area contributed by atoms with E-state index >= 15 is 0 Å². The topological polar surface area (TPSA) is 71.2 Å². The Morgan fingerprint density at radius 1 is 1.64 bits per heavy atom. The first kappa shape index (κ1) is 8.68. The predicted octanol–water partition coefficient (Wildman–Crippen LogP) is 0.393. The van der Waals surface area contributed by atoms with Crippen LogP contribution in [0.15, 0.2) is 33.5 Å². The second-order valence-corrected chi connectivity index (χ2v) is 2.80. The quantitative estimate of drug-likeness (QED) is 0.688. The Bertz CT molecular complexity index is 404. The van der Waals surface area contributed by atoms with Gasteiger partial charge in [0, 0.05) is 11.8 Å². The molecule has 0 aliphatic carbocycles. The summed E-state index contributed by atoms with van der Waals surface area (Å²) in [5.74, 6) is -0.789. The molecule has 0 aromatic rings. The minimum Gasteiger partial charge on any atom is -0.494 e. The molecule has 0 saturated carbocycles. The molecular weight excluding hydrogens is 184 g/mol. The third-order valence-corrected chi connectivity index (χ3v) is 2.00. The van der Waals surface area contributed by atoms with Gasteiger partial charge in [-0.1, -0.05) is 0 Å². The summed E-state index contributed by atoms with van der Waals surface area (Å²) in [5, 5.41) is 8.84. The lowest BCUT2D eigenvalue weighted by Gasteiger charge is -2.07. The van der Waals surface area contributed by atoms with E-state index in [0.29, 0.717) is 11.3 Å². The monoisotopic (exact) mass is 192 g/mol. The van der Waals surface area contributed by atoms with Crippen LogP contribution in [0, 0.1) is 0 Å². The summed E-state index contributed by atoms with van der Waals surface area (Å²) in [4.78, 5) is 18.7. The zero-order chi connectivity index (χ0) is 10.1. The number of dihydropyridines is 1. The van der Waals surface area contributed by atoms with E-state index in [1.54, 1.807) is 18.4 Å². The number of rotatable bonds is 2. The zero-order valence-corrected chi connectivity index (χ0v) is 7.47. The van der Waals surface area contributed by atoms with Crippen LogP contribution in [0.1, 0.15) is 0 Å². The predicted molar refractivity (Wildman–Crippen MR) is 50.5 cm³/mol. The smallest absolute Gasteiger partial charge is 0.358 e. The molecule has 2 rings (SSSR count). The van der Waals surface area contributed by atoms with Gasteiger partial charge in [0.25, 0.3) is 0 Å². The molecule has 5 nitrogen and oxygen atoms in total. The van der Waals surface area contributed by atoms with Gasteiger partial charge in [0.2, 0.25) is 0 Å². The Morgan fingerprint density at radius 2 is 2.43 bits per heavy atom. The average Bonchev–Trinajstić information content (AvgIpc) is 2.56. The highest BCUT2D eigenvalue weighted by Crippen LogP contribution is 2.26. The van der Waals surface area contributed by atoms with Gasteiger partial charge in [-0.3, -0.25) is 4.99 Å². The van der Waals surface area contributed by atoms with Crippen molar-refractivity contribution in [1.29, 1.82) is 0 Å². The Morgan fingerprint density at radius 3 is 3.07 bits per heavy atom. The highest BCUT2D eigenvalue weighted by Gasteiger charge is 2.31. The first-order valence-corrected chi connectivity index (χ1v) is 4.03. The molecule has 2 aliphatic heterocycles. The average molecular weight is 192 g/mol. The molecule has 2 heterocycles. The second-order valence-electron chi connectivity index (χ2n) is 2.80. The minimum absolute atomic E-state index is 0.0591. The van der Waals surface area contributed by atoms with Crippen LogP contribution in [0.3, 0.4) is 0 Å². The van der Waals surface area contributed by atoms with Gasteiger partial charge in [0.05, 0.1) is 7.11 Å². The number of carboxylic acid groups (broad SMARTS) is 1. The van der Waals surface area contributed by atoms with E-state index < -0.39 is 12.1 Å². The fraction of sp³-hybridized carbons (Fsp3) is 0.222. The van der Waals surface area contributed by atoms with Crippen molar-refractivity contribution in [2.45, 2.75) is 6.17 Å². The summed E-state index contributed by atoms with van der Waals surface area (Å²) >= 11 is 0. The molecule has 1 unspecified atom stereocenters. The van der Waals surface area contributed by atoms with Gasteiger partial charge in [-0.05, 0) is 12.2 Å². The summed E-state index contributed by atoms with van der Waals surface area (Å²) in [6, 6.07) is 0. The number of fused-ring (bicyclic) bond motifs is 1. The number of hydrogen-bond acceptors (Lipinski definition) is 4. The molecule has 0 amide bonds. The summed E-state index contributed by atoms with van der Waals surface area (Å²) in [6.07, 6.45) is 4.64. The summed E-state index contributed by atoms with van der Waals surface area (Å²) in [7, 11) is 1.43. The van der Waals surface area contributed by atoms with Crippen molar-refractivity contribution in [3.63, 3.8) is 0 Å². The van der Waals surface area contributed by atoms with E-state index in [1.165, 1.54) is 7.11 Å². The number of hydrogen-bond donors (Lipinski definition) is 1. The minimum atomic E-state index is -1.09. The van der Waals surface area contributed by atoms with Gasteiger partial charge in [0.15, 0.2) is 17.6 Å². The van der Waals surface area contributed by atoms with Crippen molar-refractivity contribution in [1.82, 2.24) is 0 Å². The maximum atomic E-state index is 10.8. The van der Waals surface area contributed by atoms with Crippen molar-refractivity contribution >= 4 is 17.9 Å². The van der Waals surface area contributed by atoms with Crippen molar-refractivity contribution in [3.05, 3.63) is 23.5 Å². The third-order valence-electron chi connectivity index (χ3n) is 2.00. The van der Waals surface area contributed by atoms with Crippen LogP contribution in [0.5, 0.6) is 0 Å². The zero-order valence-electron chi connectivity index (χ0n) is 7.47. The normalized spacial score (nSPS) is 23.5. The van der Waals surface area contributed by atoms with Crippen LogP contribution >= 0.6 is 0 Å². The highest BCUT2D eigenvalue weighted by atomic mass is 16.5. The maximum Gasteiger partial charge on any atom is 0.358 e. The van der Waals surface area contributed by atoms with Gasteiger partial charge in [0.1, 0.15) is 0 Å². The Balaban J connectivity index is 2.48. The summed E-state index contributed by atoms with van der Waals surface area (Å²) < 4.78 is 5.00. The first-order chi connectivity index (χ1) is 6.74. The van der Waals surface area contributed by atoms with E-state index in [2.05, 4.69) is 9.98 Å². The van der Waals surface area contributed by atoms with Gasteiger partial charge in [-0.15, -0.1) is 0 Å². The van der Waals surface area contributed by atoms with Gasteiger partial charge in [-0.2, -0.15) is 0 Å². The first-order valence-electron chi connectivity index (χ1n) is 4.03. The van der Waals surface area contributed by atoms with Crippen molar-refractivity contribution < 1.29 is 14.6 Å². The Kier molecular flexibility index (Phi) is 1.92. The van der Waals surface area contributed by atoms with E-state index in [-0.39, 0.29) is 5.71 Å². The van der Waals surface area contributed by atoms with Crippen molar-refractivity contribution in [2.75, 3.05) is 7.11 Å². The molecule has 14 heavy (non-hydrogen) atoms. The molecule has 0 bridgehead atoms. The standard InChI is InChI=1S/C9H8N2O3/c1-14-7-5-3-2-4-10-8(5)11-6(7)9(12)13/h2-4,8H,1H3,(H,12,13). The van der Waals surface area contributed by atoms with Crippen LogP contribution < -0.4 is 0 Å². The molecule has 0 radical (unpaired) electrons. The molecule has 0 aromatic heterocycles. The van der Waals surface area contributed by atoms with Gasteiger partial charge >= 0.3 is 5.97 Å². The van der Waals surface area contributed by atoms with E-state index in [4.69, 9.17) is 9.84 Å². The summed E-state index contributed by atoms with van der Waals surface area (Å²) in [5.41, 5.74) is 0.642. The Hall–Kier alpha value is -1.91. The highest BCUT2D eigenvalue weighted by molar-refractivity contribution is 6.43. The number of carboxylic acids is 1. The number of carbonyl (C=O) groups is 1. The molecule has 72 valence electrons. The van der Waals surface area contributed by atoms with Crippen LogP contribution in [0.4, 0.5) is 0 Å². The fourth-order valence-electron chi connectivity index (χ4n) is 1.42. The fourth-order valence-corrected chi connectivity index (χ4v) is 1.42. The van der Waals surface area contributed by atoms with Crippen LogP contribution in [-0.4, -0.2) is 36.3 Å². The van der Waals surface area contributed by atoms with Gasteiger partial charge in [-0.25, -0.2) is 9.79 Å². The second kappa shape index (κ2) is 3.10. The molecule has 1 atom stereocenters. The number of ether oxygens (including phenoxy) is 1. The SMILES string of the molecule is COC1=C2C=CC=NC2N=C1C(=O)O. The van der Waals surface area contributed by atoms with Crippen LogP contribution in [0.25, 0.3) is 0 Å². The van der Waals surface area contributed by atoms with Crippen LogP contribution in [-0.2, 0) is 9.53 Å². The van der Waals surface area contributed by atoms with E-state index in [0.717, 1.165) is 0 Å². The van der Waals surface area contributed by atoms with Crippen molar-refractivity contribution in [2.24, 2.45) is 9.98 Å².